The molecule has 3 N–H and O–H groups in total. The van der Waals surface area contributed by atoms with E-state index in [0.29, 0.717) is 11.3 Å². The summed E-state index contributed by atoms with van der Waals surface area (Å²) in [7, 11) is 0. The molecule has 0 aromatic carbocycles. The molecular formula is C8H8N4. The van der Waals surface area contributed by atoms with Gasteiger partial charge in [0.1, 0.15) is 6.07 Å². The lowest BCUT2D eigenvalue weighted by Gasteiger charge is -2.04. The largest absolute Gasteiger partial charge is 0.363 e. The van der Waals surface area contributed by atoms with Gasteiger partial charge in [-0.1, -0.05) is 0 Å². The summed E-state index contributed by atoms with van der Waals surface area (Å²) in [5.74, 6) is 0. The Labute approximate surface area is 70.2 Å². The predicted molar refractivity (Wildman–Crippen MR) is 42.7 cm³/mol. The fourth-order valence-corrected chi connectivity index (χ4v) is 0.987. The van der Waals surface area contributed by atoms with E-state index in [2.05, 4.69) is 4.98 Å². The molecule has 0 aliphatic carbocycles. The van der Waals surface area contributed by atoms with Crippen molar-refractivity contribution in [3.63, 3.8) is 0 Å². The van der Waals surface area contributed by atoms with E-state index in [-0.39, 0.29) is 12.5 Å². The van der Waals surface area contributed by atoms with Crippen molar-refractivity contribution >= 4 is 0 Å². The Morgan fingerprint density at radius 1 is 1.58 bits per heavy atom. The summed E-state index contributed by atoms with van der Waals surface area (Å²) >= 11 is 0. The van der Waals surface area contributed by atoms with Gasteiger partial charge in [0.25, 0.3) is 0 Å². The number of nitrogens with zero attached hydrogens (tertiary/aromatic N) is 2. The van der Waals surface area contributed by atoms with Crippen molar-refractivity contribution in [2.45, 2.75) is 12.5 Å². The van der Waals surface area contributed by atoms with Crippen LogP contribution in [0.25, 0.3) is 0 Å². The second kappa shape index (κ2) is 3.56. The van der Waals surface area contributed by atoms with Crippen LogP contribution in [-0.2, 0) is 0 Å². The monoisotopic (exact) mass is 160 g/mol. The minimum absolute atomic E-state index is 0.217. The Bertz CT molecular complexity index is 339. The van der Waals surface area contributed by atoms with E-state index >= 15 is 0 Å². The van der Waals surface area contributed by atoms with Gasteiger partial charge >= 0.3 is 0 Å². The number of hydrogen-bond acceptors (Lipinski definition) is 3. The molecule has 0 saturated heterocycles. The van der Waals surface area contributed by atoms with Crippen LogP contribution in [0.5, 0.6) is 0 Å². The van der Waals surface area contributed by atoms with Crippen molar-refractivity contribution in [3.05, 3.63) is 23.5 Å². The summed E-state index contributed by atoms with van der Waals surface area (Å²) in [5, 5.41) is 17.0. The van der Waals surface area contributed by atoms with Gasteiger partial charge in [-0.05, 0) is 6.07 Å². The van der Waals surface area contributed by atoms with Crippen molar-refractivity contribution in [3.8, 4) is 12.1 Å². The third kappa shape index (κ3) is 1.45. The van der Waals surface area contributed by atoms with Gasteiger partial charge in [-0.25, -0.2) is 0 Å². The highest BCUT2D eigenvalue weighted by Crippen LogP contribution is 2.15. The van der Waals surface area contributed by atoms with Crippen molar-refractivity contribution in [2.24, 2.45) is 5.73 Å². The highest BCUT2D eigenvalue weighted by Gasteiger charge is 2.10. The minimum Gasteiger partial charge on any atom is -0.363 e. The predicted octanol–water partition coefficient (Wildman–Crippen LogP) is 0.800. The number of aromatic nitrogens is 1. The number of nitrogens with two attached hydrogens (primary N) is 1. The number of hydrogen-bond donors (Lipinski definition) is 2. The maximum absolute atomic E-state index is 8.62. The molecule has 1 aromatic heterocycles. The lowest BCUT2D eigenvalue weighted by Crippen LogP contribution is -2.10. The van der Waals surface area contributed by atoms with E-state index in [0.717, 1.165) is 0 Å². The van der Waals surface area contributed by atoms with Crippen molar-refractivity contribution < 1.29 is 0 Å². The molecule has 0 aliphatic heterocycles. The SMILES string of the molecule is N#CCC(N)c1[nH]ccc1C#N. The topological polar surface area (TPSA) is 89.4 Å². The van der Waals surface area contributed by atoms with Gasteiger partial charge in [-0.2, -0.15) is 10.5 Å². The average Bonchev–Trinajstić information content (AvgIpc) is 2.51. The van der Waals surface area contributed by atoms with Gasteiger partial charge in [0.2, 0.25) is 0 Å². The van der Waals surface area contributed by atoms with Crippen molar-refractivity contribution in [1.82, 2.24) is 4.98 Å². The molecule has 1 atom stereocenters. The Balaban J connectivity index is 2.89. The van der Waals surface area contributed by atoms with Gasteiger partial charge in [-0.3, -0.25) is 0 Å². The molecule has 0 aliphatic rings. The smallest absolute Gasteiger partial charge is 0.101 e. The Morgan fingerprint density at radius 2 is 2.33 bits per heavy atom. The number of rotatable bonds is 2. The highest BCUT2D eigenvalue weighted by atomic mass is 14.8. The van der Waals surface area contributed by atoms with Crippen molar-refractivity contribution in [2.75, 3.05) is 0 Å². The molecule has 0 radical (unpaired) electrons. The minimum atomic E-state index is -0.389. The van der Waals surface area contributed by atoms with Crippen LogP contribution in [0.2, 0.25) is 0 Å². The number of H-pyrrole nitrogens is 1. The van der Waals surface area contributed by atoms with E-state index < -0.39 is 0 Å². The normalized spacial score (nSPS) is 11.6. The third-order valence-electron chi connectivity index (χ3n) is 1.58. The summed E-state index contributed by atoms with van der Waals surface area (Å²) in [6, 6.07) is 5.20. The molecule has 0 bridgehead atoms. The highest BCUT2D eigenvalue weighted by molar-refractivity contribution is 5.35. The van der Waals surface area contributed by atoms with E-state index in [1.54, 1.807) is 12.3 Å². The van der Waals surface area contributed by atoms with Crippen LogP contribution in [0.1, 0.15) is 23.7 Å². The molecule has 4 nitrogen and oxygen atoms in total. The van der Waals surface area contributed by atoms with Crippen LogP contribution in [0.3, 0.4) is 0 Å². The zero-order valence-electron chi connectivity index (χ0n) is 6.41. The molecule has 1 aromatic rings. The molecular weight excluding hydrogens is 152 g/mol. The summed E-state index contributed by atoms with van der Waals surface area (Å²) < 4.78 is 0. The van der Waals surface area contributed by atoms with Crippen LogP contribution < -0.4 is 5.73 Å². The fraction of sp³-hybridized carbons (Fsp3) is 0.250. The van der Waals surface area contributed by atoms with Crippen LogP contribution in [-0.4, -0.2) is 4.98 Å². The van der Waals surface area contributed by atoms with Gasteiger partial charge < -0.3 is 10.7 Å². The Morgan fingerprint density at radius 3 is 2.92 bits per heavy atom. The molecule has 4 heteroatoms. The van der Waals surface area contributed by atoms with E-state index in [4.69, 9.17) is 16.3 Å². The first-order valence-electron chi connectivity index (χ1n) is 3.49. The van der Waals surface area contributed by atoms with Gasteiger partial charge in [0, 0.05) is 6.20 Å². The third-order valence-corrected chi connectivity index (χ3v) is 1.58. The molecule has 1 rings (SSSR count). The number of aromatic amines is 1. The zero-order chi connectivity index (χ0) is 8.97. The van der Waals surface area contributed by atoms with Crippen LogP contribution >= 0.6 is 0 Å². The Kier molecular flexibility index (Phi) is 2.47. The second-order valence-electron chi connectivity index (χ2n) is 2.39. The molecule has 1 heterocycles. The van der Waals surface area contributed by atoms with Gasteiger partial charge in [-0.15, -0.1) is 0 Å². The summed E-state index contributed by atoms with van der Waals surface area (Å²) in [4.78, 5) is 2.84. The summed E-state index contributed by atoms with van der Waals surface area (Å²) in [6.07, 6.45) is 1.86. The van der Waals surface area contributed by atoms with E-state index in [1.807, 2.05) is 12.1 Å². The van der Waals surface area contributed by atoms with Gasteiger partial charge in [0.15, 0.2) is 0 Å². The number of nitriles is 2. The standard InChI is InChI=1S/C8H8N4/c9-3-1-7(11)8-6(5-10)2-4-12-8/h2,4,7,12H,1,11H2. The molecule has 1 unspecified atom stereocenters. The first kappa shape index (κ1) is 8.32. The molecule has 60 valence electrons. The van der Waals surface area contributed by atoms with Crippen LogP contribution in [0.4, 0.5) is 0 Å². The van der Waals surface area contributed by atoms with E-state index in [1.165, 1.54) is 0 Å². The zero-order valence-corrected chi connectivity index (χ0v) is 6.41. The fourth-order valence-electron chi connectivity index (χ4n) is 0.987. The number of nitrogens with one attached hydrogen (secondary N) is 1. The maximum Gasteiger partial charge on any atom is 0.101 e. The lowest BCUT2D eigenvalue weighted by atomic mass is 10.1. The van der Waals surface area contributed by atoms with Crippen molar-refractivity contribution in [1.29, 1.82) is 10.5 Å². The lowest BCUT2D eigenvalue weighted by molar-refractivity contribution is 0.724. The molecule has 0 saturated carbocycles. The maximum atomic E-state index is 8.62. The van der Waals surface area contributed by atoms with Crippen LogP contribution in [0.15, 0.2) is 12.3 Å². The van der Waals surface area contributed by atoms with Crippen LogP contribution in [0, 0.1) is 22.7 Å². The Hall–Kier alpha value is -1.78. The summed E-state index contributed by atoms with van der Waals surface area (Å²) in [5.41, 5.74) is 6.77. The molecule has 0 spiro atoms. The molecule has 0 fully saturated rings. The molecule has 0 amide bonds. The quantitative estimate of drug-likeness (QED) is 0.670. The van der Waals surface area contributed by atoms with Gasteiger partial charge in [0.05, 0.1) is 29.8 Å². The molecule has 12 heavy (non-hydrogen) atoms. The first-order chi connectivity index (χ1) is 5.79. The second-order valence-corrected chi connectivity index (χ2v) is 2.39. The average molecular weight is 160 g/mol. The van der Waals surface area contributed by atoms with E-state index in [9.17, 15) is 0 Å². The summed E-state index contributed by atoms with van der Waals surface area (Å²) in [6.45, 7) is 0. The first-order valence-corrected chi connectivity index (χ1v) is 3.49.